The maximum atomic E-state index is 6.37. The van der Waals surface area contributed by atoms with E-state index >= 15 is 0 Å². The van der Waals surface area contributed by atoms with Crippen molar-refractivity contribution in [3.05, 3.63) is 87.6 Å². The van der Waals surface area contributed by atoms with E-state index < -0.39 is 0 Å². The Kier molecular flexibility index (Phi) is 4.70. The van der Waals surface area contributed by atoms with E-state index in [2.05, 4.69) is 101 Å². The molecule has 2 aromatic rings. The van der Waals surface area contributed by atoms with Crippen LogP contribution in [-0.2, 0) is 0 Å². The van der Waals surface area contributed by atoms with Gasteiger partial charge in [0.05, 0.1) is 0 Å². The predicted molar refractivity (Wildman–Crippen MR) is 116 cm³/mol. The van der Waals surface area contributed by atoms with Gasteiger partial charge < -0.3 is 9.64 Å². The van der Waals surface area contributed by atoms with Crippen LogP contribution in [0.2, 0.25) is 0 Å². The van der Waals surface area contributed by atoms with Crippen LogP contribution in [0, 0.1) is 0 Å². The quantitative estimate of drug-likeness (QED) is 0.684. The van der Waals surface area contributed by atoms with Crippen molar-refractivity contribution in [1.82, 2.24) is 4.90 Å². The van der Waals surface area contributed by atoms with E-state index in [0.29, 0.717) is 0 Å². The van der Waals surface area contributed by atoms with Crippen LogP contribution < -0.4 is 9.64 Å². The molecule has 2 aromatic carbocycles. The van der Waals surface area contributed by atoms with Gasteiger partial charge in [0.1, 0.15) is 11.5 Å². The molecular weight excluding hydrogens is 400 g/mol. The molecule has 1 unspecified atom stereocenters. The first-order chi connectivity index (χ1) is 12.9. The smallest absolute Gasteiger partial charge is 0.137 e. The number of halogens is 1. The third kappa shape index (κ3) is 3.35. The summed E-state index contributed by atoms with van der Waals surface area (Å²) in [6.45, 7) is 0. The van der Waals surface area contributed by atoms with Gasteiger partial charge in [-0.2, -0.15) is 0 Å². The highest BCUT2D eigenvalue weighted by Crippen LogP contribution is 2.44. The number of anilines is 1. The molecule has 0 fully saturated rings. The van der Waals surface area contributed by atoms with Crippen LogP contribution in [0.4, 0.5) is 5.69 Å². The van der Waals surface area contributed by atoms with Crippen LogP contribution in [0.1, 0.15) is 11.1 Å². The van der Waals surface area contributed by atoms with E-state index in [4.69, 9.17) is 4.74 Å². The average Bonchev–Trinajstić information content (AvgIpc) is 2.66. The third-order valence-corrected chi connectivity index (χ3v) is 5.55. The molecule has 138 valence electrons. The summed E-state index contributed by atoms with van der Waals surface area (Å²) in [5.74, 6) is 1.83. The summed E-state index contributed by atoms with van der Waals surface area (Å²) in [6, 6.07) is 15.1. The first-order valence-electron chi connectivity index (χ1n) is 9.00. The second-order valence-electron chi connectivity index (χ2n) is 7.32. The lowest BCUT2D eigenvalue weighted by molar-refractivity contribution is 0.368. The maximum Gasteiger partial charge on any atom is 0.137 e. The largest absolute Gasteiger partial charge is 0.456 e. The topological polar surface area (TPSA) is 15.7 Å². The number of allylic oxidation sites excluding steroid dienone is 1. The molecule has 4 rings (SSSR count). The minimum absolute atomic E-state index is 0.230. The van der Waals surface area contributed by atoms with Gasteiger partial charge in [-0.25, -0.2) is 0 Å². The molecule has 0 amide bonds. The molecule has 0 bridgehead atoms. The fourth-order valence-electron chi connectivity index (χ4n) is 3.47. The second kappa shape index (κ2) is 7.02. The summed E-state index contributed by atoms with van der Waals surface area (Å²) in [4.78, 5) is 4.27. The molecule has 2 aliphatic rings. The molecule has 1 heterocycles. The zero-order chi connectivity index (χ0) is 19.1. The lowest BCUT2D eigenvalue weighted by atomic mass is 9.87. The minimum atomic E-state index is 0.230. The van der Waals surface area contributed by atoms with Crippen molar-refractivity contribution in [2.75, 3.05) is 33.1 Å². The highest BCUT2D eigenvalue weighted by Gasteiger charge is 2.27. The summed E-state index contributed by atoms with van der Waals surface area (Å²) < 4.78 is 7.45. The summed E-state index contributed by atoms with van der Waals surface area (Å²) >= 11 is 3.54. The standard InChI is InChI=1S/C23H23BrN2O/c1-25(2)17-9-11-19-21(13-17)27-22-14-18(26(3)4)10-12-20(22)23(19)15-5-7-16(24)8-6-15/h5-14,17H,1-4H3. The maximum absolute atomic E-state index is 6.37. The van der Waals surface area contributed by atoms with Gasteiger partial charge in [-0.05, 0) is 50.0 Å². The predicted octanol–water partition coefficient (Wildman–Crippen LogP) is 5.09. The fourth-order valence-corrected chi connectivity index (χ4v) is 3.73. The van der Waals surface area contributed by atoms with E-state index in [1.54, 1.807) is 0 Å². The monoisotopic (exact) mass is 422 g/mol. The highest BCUT2D eigenvalue weighted by molar-refractivity contribution is 9.10. The Morgan fingerprint density at radius 3 is 2.37 bits per heavy atom. The molecule has 0 spiro atoms. The van der Waals surface area contributed by atoms with Gasteiger partial charge in [-0.3, -0.25) is 4.90 Å². The van der Waals surface area contributed by atoms with Gasteiger partial charge >= 0.3 is 0 Å². The molecule has 27 heavy (non-hydrogen) atoms. The number of fused-ring (bicyclic) bond motifs is 2. The van der Waals surface area contributed by atoms with Crippen LogP contribution >= 0.6 is 15.9 Å². The van der Waals surface area contributed by atoms with Gasteiger partial charge in [0.2, 0.25) is 0 Å². The number of nitrogens with zero attached hydrogens (tertiary/aromatic N) is 2. The summed E-state index contributed by atoms with van der Waals surface area (Å²) in [6.07, 6.45) is 6.61. The Hall–Kier alpha value is -2.30. The summed E-state index contributed by atoms with van der Waals surface area (Å²) in [5, 5.41) is 0. The molecule has 0 radical (unpaired) electrons. The Morgan fingerprint density at radius 1 is 0.963 bits per heavy atom. The SMILES string of the molecule is CN(C)c1ccc2c(c1)OC1=CC(N(C)C)C=CC1=C2c1ccc(Br)cc1. The molecular formula is C23H23BrN2O. The normalized spacial score (nSPS) is 18.0. The van der Waals surface area contributed by atoms with E-state index in [9.17, 15) is 0 Å². The number of ether oxygens (including phenoxy) is 1. The van der Waals surface area contributed by atoms with Crippen LogP contribution in [0.3, 0.4) is 0 Å². The molecule has 1 atom stereocenters. The Bertz CT molecular complexity index is 968. The third-order valence-electron chi connectivity index (χ3n) is 5.02. The number of benzene rings is 2. The number of rotatable bonds is 3. The van der Waals surface area contributed by atoms with Crippen molar-refractivity contribution in [2.24, 2.45) is 0 Å². The molecule has 0 saturated carbocycles. The fraction of sp³-hybridized carbons (Fsp3) is 0.217. The van der Waals surface area contributed by atoms with Crippen LogP contribution in [0.15, 0.2) is 76.5 Å². The van der Waals surface area contributed by atoms with E-state index in [-0.39, 0.29) is 6.04 Å². The van der Waals surface area contributed by atoms with Crippen molar-refractivity contribution in [2.45, 2.75) is 6.04 Å². The minimum Gasteiger partial charge on any atom is -0.456 e. The molecule has 3 nitrogen and oxygen atoms in total. The van der Waals surface area contributed by atoms with Crippen LogP contribution in [0.5, 0.6) is 5.75 Å². The van der Waals surface area contributed by atoms with Crippen molar-refractivity contribution in [3.8, 4) is 5.75 Å². The van der Waals surface area contributed by atoms with Crippen molar-refractivity contribution >= 4 is 27.2 Å². The van der Waals surface area contributed by atoms with E-state index in [1.807, 2.05) is 14.1 Å². The van der Waals surface area contributed by atoms with Crippen LogP contribution in [0.25, 0.3) is 5.57 Å². The Morgan fingerprint density at radius 2 is 1.70 bits per heavy atom. The van der Waals surface area contributed by atoms with Crippen LogP contribution in [-0.4, -0.2) is 39.1 Å². The van der Waals surface area contributed by atoms with Crippen molar-refractivity contribution < 1.29 is 4.74 Å². The molecule has 0 aromatic heterocycles. The summed E-state index contributed by atoms with van der Waals surface area (Å²) in [5.41, 5.74) is 5.80. The average molecular weight is 423 g/mol. The zero-order valence-electron chi connectivity index (χ0n) is 16.0. The van der Waals surface area contributed by atoms with E-state index in [1.165, 1.54) is 11.1 Å². The first kappa shape index (κ1) is 18.1. The summed E-state index contributed by atoms with van der Waals surface area (Å²) in [7, 11) is 8.26. The molecule has 1 aliphatic carbocycles. The first-order valence-corrected chi connectivity index (χ1v) is 9.80. The van der Waals surface area contributed by atoms with Gasteiger partial charge in [0, 0.05) is 53.1 Å². The number of hydrogen-bond acceptors (Lipinski definition) is 3. The molecule has 0 N–H and O–H groups in total. The van der Waals surface area contributed by atoms with Gasteiger partial charge in [0.25, 0.3) is 0 Å². The Balaban J connectivity index is 1.93. The number of hydrogen-bond donors (Lipinski definition) is 0. The zero-order valence-corrected chi connectivity index (χ0v) is 17.6. The molecule has 4 heteroatoms. The lowest BCUT2D eigenvalue weighted by Gasteiger charge is -2.30. The molecule has 0 saturated heterocycles. The van der Waals surface area contributed by atoms with Gasteiger partial charge in [0.15, 0.2) is 0 Å². The van der Waals surface area contributed by atoms with E-state index in [0.717, 1.165) is 32.8 Å². The lowest BCUT2D eigenvalue weighted by Crippen LogP contribution is -2.27. The van der Waals surface area contributed by atoms with Gasteiger partial charge in [-0.1, -0.05) is 40.2 Å². The van der Waals surface area contributed by atoms with Crippen molar-refractivity contribution in [1.29, 1.82) is 0 Å². The van der Waals surface area contributed by atoms with Crippen molar-refractivity contribution in [3.63, 3.8) is 0 Å². The number of likely N-dealkylation sites (N-methyl/N-ethyl adjacent to an activating group) is 1. The molecule has 1 aliphatic heterocycles. The second-order valence-corrected chi connectivity index (χ2v) is 8.23. The van der Waals surface area contributed by atoms with Gasteiger partial charge in [-0.15, -0.1) is 0 Å². The highest BCUT2D eigenvalue weighted by atomic mass is 79.9. The Labute approximate surface area is 169 Å².